The van der Waals surface area contributed by atoms with E-state index in [1.165, 1.54) is 43.6 Å². The van der Waals surface area contributed by atoms with E-state index in [2.05, 4.69) is 15.6 Å². The Morgan fingerprint density at radius 1 is 0.964 bits per heavy atom. The molecule has 0 fully saturated rings. The Morgan fingerprint density at radius 3 is 2.29 bits per heavy atom. The monoisotopic (exact) mass is 387 g/mol. The normalized spacial score (nSPS) is 11.0. The topological polar surface area (TPSA) is 63.2 Å². The van der Waals surface area contributed by atoms with Crippen molar-refractivity contribution in [3.05, 3.63) is 78.1 Å². The number of methoxy groups -OCH3 is 1. The average molecular weight is 387 g/mol. The standard InChI is InChI=1S/C20H16F3N3O2/c1-28-18-9-5-4-8-16(18)26-19(27)17-11-10-13(12-24-17)25-15-7-3-2-6-14(15)20(21,22)23/h2-12,25H,1H3,(H,26,27). The van der Waals surface area contributed by atoms with Crippen molar-refractivity contribution in [2.75, 3.05) is 17.7 Å². The van der Waals surface area contributed by atoms with Gasteiger partial charge in [0, 0.05) is 0 Å². The first kappa shape index (κ1) is 19.2. The van der Waals surface area contributed by atoms with Crippen molar-refractivity contribution < 1.29 is 22.7 Å². The quantitative estimate of drug-likeness (QED) is 0.639. The van der Waals surface area contributed by atoms with E-state index in [-0.39, 0.29) is 11.4 Å². The van der Waals surface area contributed by atoms with Crippen molar-refractivity contribution in [2.24, 2.45) is 0 Å². The lowest BCUT2D eigenvalue weighted by atomic mass is 10.1. The Balaban J connectivity index is 1.75. The first-order valence-corrected chi connectivity index (χ1v) is 8.22. The molecule has 0 aliphatic rings. The number of halogens is 3. The van der Waals surface area contributed by atoms with Gasteiger partial charge in [-0.15, -0.1) is 0 Å². The van der Waals surface area contributed by atoms with Crippen molar-refractivity contribution in [3.8, 4) is 5.75 Å². The van der Waals surface area contributed by atoms with Crippen LogP contribution in [0.1, 0.15) is 16.1 Å². The van der Waals surface area contributed by atoms with Gasteiger partial charge in [-0.3, -0.25) is 4.79 Å². The van der Waals surface area contributed by atoms with E-state index in [1.807, 2.05) is 0 Å². The maximum absolute atomic E-state index is 13.1. The Labute approximate surface area is 159 Å². The molecule has 0 radical (unpaired) electrons. The van der Waals surface area contributed by atoms with Gasteiger partial charge in [-0.1, -0.05) is 24.3 Å². The molecular formula is C20H16F3N3O2. The number of carbonyl (C=O) groups excluding carboxylic acids is 1. The largest absolute Gasteiger partial charge is 0.495 e. The number of ether oxygens (including phenoxy) is 1. The molecule has 0 saturated heterocycles. The van der Waals surface area contributed by atoms with Gasteiger partial charge >= 0.3 is 6.18 Å². The first-order chi connectivity index (χ1) is 13.4. The number of anilines is 3. The minimum Gasteiger partial charge on any atom is -0.495 e. The molecule has 0 atom stereocenters. The summed E-state index contributed by atoms with van der Waals surface area (Å²) < 4.78 is 44.4. The number of pyridine rings is 1. The lowest BCUT2D eigenvalue weighted by Crippen LogP contribution is -2.14. The van der Waals surface area contributed by atoms with Crippen LogP contribution in [0.4, 0.5) is 30.2 Å². The highest BCUT2D eigenvalue weighted by Gasteiger charge is 2.33. The molecular weight excluding hydrogens is 371 g/mol. The summed E-state index contributed by atoms with van der Waals surface area (Å²) in [6, 6.07) is 14.9. The molecule has 0 aliphatic heterocycles. The van der Waals surface area contributed by atoms with Crippen LogP contribution < -0.4 is 15.4 Å². The number of alkyl halides is 3. The number of para-hydroxylation sites is 3. The van der Waals surface area contributed by atoms with E-state index < -0.39 is 17.6 Å². The van der Waals surface area contributed by atoms with Crippen LogP contribution in [0.3, 0.4) is 0 Å². The smallest absolute Gasteiger partial charge is 0.418 e. The fourth-order valence-corrected chi connectivity index (χ4v) is 2.53. The molecule has 2 aromatic carbocycles. The molecule has 5 nitrogen and oxygen atoms in total. The van der Waals surface area contributed by atoms with Crippen LogP contribution in [-0.2, 0) is 6.18 Å². The second-order valence-electron chi connectivity index (χ2n) is 5.75. The van der Waals surface area contributed by atoms with Crippen LogP contribution in [0.15, 0.2) is 66.9 Å². The zero-order valence-corrected chi connectivity index (χ0v) is 14.7. The maximum atomic E-state index is 13.1. The molecule has 1 heterocycles. The van der Waals surface area contributed by atoms with Gasteiger partial charge in [0.25, 0.3) is 5.91 Å². The number of aromatic nitrogens is 1. The summed E-state index contributed by atoms with van der Waals surface area (Å²) >= 11 is 0. The van der Waals surface area contributed by atoms with Crippen molar-refractivity contribution >= 4 is 23.0 Å². The molecule has 0 unspecified atom stereocenters. The van der Waals surface area contributed by atoms with Crippen molar-refractivity contribution in [1.29, 1.82) is 0 Å². The predicted molar refractivity (Wildman–Crippen MR) is 99.9 cm³/mol. The number of carbonyl (C=O) groups is 1. The number of amides is 1. The second kappa shape index (κ2) is 7.99. The third kappa shape index (κ3) is 4.40. The highest BCUT2D eigenvalue weighted by molar-refractivity contribution is 6.03. The Morgan fingerprint density at radius 2 is 1.64 bits per heavy atom. The molecule has 0 aliphatic carbocycles. The number of rotatable bonds is 5. The average Bonchev–Trinajstić information content (AvgIpc) is 2.68. The molecule has 8 heteroatoms. The summed E-state index contributed by atoms with van der Waals surface area (Å²) in [5, 5.41) is 5.36. The Bertz CT molecular complexity index is 973. The first-order valence-electron chi connectivity index (χ1n) is 8.22. The van der Waals surface area contributed by atoms with Crippen LogP contribution in [-0.4, -0.2) is 18.0 Å². The van der Waals surface area contributed by atoms with E-state index in [4.69, 9.17) is 4.74 Å². The fourth-order valence-electron chi connectivity index (χ4n) is 2.53. The molecule has 1 aromatic heterocycles. The predicted octanol–water partition coefficient (Wildman–Crippen LogP) is 5.10. The number of benzene rings is 2. The van der Waals surface area contributed by atoms with Gasteiger partial charge in [0.1, 0.15) is 11.4 Å². The highest BCUT2D eigenvalue weighted by Crippen LogP contribution is 2.35. The summed E-state index contributed by atoms with van der Waals surface area (Å²) in [6.45, 7) is 0. The van der Waals surface area contributed by atoms with Crippen LogP contribution in [0.5, 0.6) is 5.75 Å². The third-order valence-electron chi connectivity index (χ3n) is 3.86. The van der Waals surface area contributed by atoms with Crippen LogP contribution in [0.2, 0.25) is 0 Å². The molecule has 28 heavy (non-hydrogen) atoms. The molecule has 3 aromatic rings. The molecule has 1 amide bonds. The SMILES string of the molecule is COc1ccccc1NC(=O)c1ccc(Nc2ccccc2C(F)(F)F)cn1. The van der Waals surface area contributed by atoms with Gasteiger partial charge < -0.3 is 15.4 Å². The minimum atomic E-state index is -4.48. The van der Waals surface area contributed by atoms with Crippen molar-refractivity contribution in [1.82, 2.24) is 4.98 Å². The summed E-state index contributed by atoms with van der Waals surface area (Å²) in [7, 11) is 1.49. The van der Waals surface area contributed by atoms with Gasteiger partial charge in [-0.25, -0.2) is 4.98 Å². The molecule has 3 rings (SSSR count). The molecule has 0 spiro atoms. The van der Waals surface area contributed by atoms with E-state index in [0.29, 0.717) is 17.1 Å². The number of nitrogens with zero attached hydrogens (tertiary/aromatic N) is 1. The highest BCUT2D eigenvalue weighted by atomic mass is 19.4. The summed E-state index contributed by atoms with van der Waals surface area (Å²) in [6.07, 6.45) is -3.18. The Hall–Kier alpha value is -3.55. The van der Waals surface area contributed by atoms with Gasteiger partial charge in [-0.05, 0) is 36.4 Å². The number of nitrogens with one attached hydrogen (secondary N) is 2. The van der Waals surface area contributed by atoms with Crippen LogP contribution >= 0.6 is 0 Å². The molecule has 0 saturated carbocycles. The van der Waals surface area contributed by atoms with Crippen molar-refractivity contribution in [2.45, 2.75) is 6.18 Å². The fraction of sp³-hybridized carbons (Fsp3) is 0.100. The molecule has 0 bridgehead atoms. The summed E-state index contributed by atoms with van der Waals surface area (Å²) in [5.74, 6) is 0.0321. The maximum Gasteiger partial charge on any atom is 0.418 e. The van der Waals surface area contributed by atoms with Gasteiger partial charge in [0.05, 0.1) is 35.9 Å². The lowest BCUT2D eigenvalue weighted by Gasteiger charge is -2.14. The van der Waals surface area contributed by atoms with E-state index >= 15 is 0 Å². The third-order valence-corrected chi connectivity index (χ3v) is 3.86. The minimum absolute atomic E-state index is 0.0944. The van der Waals surface area contributed by atoms with Gasteiger partial charge in [0.15, 0.2) is 0 Å². The molecule has 2 N–H and O–H groups in total. The summed E-state index contributed by atoms with van der Waals surface area (Å²) in [4.78, 5) is 16.4. The van der Waals surface area contributed by atoms with E-state index in [1.54, 1.807) is 24.3 Å². The zero-order chi connectivity index (χ0) is 20.1. The van der Waals surface area contributed by atoms with Gasteiger partial charge in [-0.2, -0.15) is 13.2 Å². The number of hydrogen-bond acceptors (Lipinski definition) is 4. The number of hydrogen-bond donors (Lipinski definition) is 2. The summed E-state index contributed by atoms with van der Waals surface area (Å²) in [5.41, 5.74) is 0.0419. The molecule has 144 valence electrons. The van der Waals surface area contributed by atoms with Gasteiger partial charge in [0.2, 0.25) is 0 Å². The second-order valence-corrected chi connectivity index (χ2v) is 5.75. The van der Waals surface area contributed by atoms with E-state index in [9.17, 15) is 18.0 Å². The zero-order valence-electron chi connectivity index (χ0n) is 14.7. The van der Waals surface area contributed by atoms with Crippen LogP contribution in [0, 0.1) is 0 Å². The van der Waals surface area contributed by atoms with E-state index in [0.717, 1.165) is 6.07 Å². The Kier molecular flexibility index (Phi) is 5.49. The lowest BCUT2D eigenvalue weighted by molar-refractivity contribution is -0.136. The van der Waals surface area contributed by atoms with Crippen LogP contribution in [0.25, 0.3) is 0 Å². The van der Waals surface area contributed by atoms with Crippen molar-refractivity contribution in [3.63, 3.8) is 0 Å².